The number of fused-ring (bicyclic) bond motifs is 1. The van der Waals surface area contributed by atoms with Crippen molar-refractivity contribution in [3.8, 4) is 17.0 Å². The van der Waals surface area contributed by atoms with Crippen molar-refractivity contribution in [2.75, 3.05) is 17.3 Å². The van der Waals surface area contributed by atoms with Gasteiger partial charge in [0.2, 0.25) is 5.91 Å². The van der Waals surface area contributed by atoms with E-state index in [0.29, 0.717) is 46.6 Å². The largest absolute Gasteiger partial charge is 0.489 e. The number of carbonyl (C=O) groups excluding carboxylic acids is 1. The topological polar surface area (TPSA) is 129 Å². The number of carboxylic acid groups (broad SMARTS) is 1. The number of amides is 1. The lowest BCUT2D eigenvalue weighted by molar-refractivity contribution is -0.129. The number of carboxylic acids is 1. The number of aliphatic carboxylic acids is 1. The summed E-state index contributed by atoms with van der Waals surface area (Å²) in [6.45, 7) is 2.26. The van der Waals surface area contributed by atoms with Crippen LogP contribution in [0.1, 0.15) is 53.2 Å². The number of rotatable bonds is 9. The van der Waals surface area contributed by atoms with Crippen LogP contribution in [0, 0.1) is 12.3 Å². The predicted molar refractivity (Wildman–Crippen MR) is 160 cm³/mol. The zero-order valence-electron chi connectivity index (χ0n) is 23.2. The molecule has 1 fully saturated rings. The van der Waals surface area contributed by atoms with Crippen LogP contribution in [0.15, 0.2) is 59.1 Å². The molecular formula is C32H29ClN4O5. The predicted octanol–water partition coefficient (Wildman–Crippen LogP) is 6.86. The molecule has 0 unspecified atom stereocenters. The lowest BCUT2D eigenvalue weighted by Gasteiger charge is -2.30. The van der Waals surface area contributed by atoms with Gasteiger partial charge in [-0.2, -0.15) is 0 Å². The van der Waals surface area contributed by atoms with Gasteiger partial charge in [0.15, 0.2) is 0 Å². The van der Waals surface area contributed by atoms with Crippen molar-refractivity contribution in [1.29, 1.82) is 5.41 Å². The number of aromatic nitrogens is 1. The molecule has 0 bridgehead atoms. The van der Waals surface area contributed by atoms with Crippen LogP contribution in [-0.2, 0) is 22.6 Å². The molecule has 6 rings (SSSR count). The fourth-order valence-corrected chi connectivity index (χ4v) is 5.78. The van der Waals surface area contributed by atoms with Crippen LogP contribution in [0.25, 0.3) is 11.3 Å². The number of halogens is 1. The summed E-state index contributed by atoms with van der Waals surface area (Å²) in [5.74, 6) is 0.449. The first-order valence-electron chi connectivity index (χ1n) is 13.7. The molecule has 0 atom stereocenters. The Hall–Kier alpha value is -4.63. The Labute approximate surface area is 247 Å². The molecule has 1 aliphatic heterocycles. The number of hydrogen-bond donors (Lipinski definition) is 3. The van der Waals surface area contributed by atoms with Gasteiger partial charge in [0.1, 0.15) is 29.5 Å². The van der Waals surface area contributed by atoms with E-state index in [-0.39, 0.29) is 18.1 Å². The van der Waals surface area contributed by atoms with Gasteiger partial charge in [-0.05, 0) is 79.8 Å². The quantitative estimate of drug-likeness (QED) is 0.183. The van der Waals surface area contributed by atoms with Crippen molar-refractivity contribution in [2.45, 2.75) is 45.1 Å². The summed E-state index contributed by atoms with van der Waals surface area (Å²) in [6, 6.07) is 16.3. The van der Waals surface area contributed by atoms with E-state index < -0.39 is 11.7 Å². The summed E-state index contributed by atoms with van der Waals surface area (Å²) in [5, 5.41) is 25.1. The summed E-state index contributed by atoms with van der Waals surface area (Å²) in [5.41, 5.74) is 5.89. The van der Waals surface area contributed by atoms with Gasteiger partial charge in [-0.1, -0.05) is 28.9 Å². The molecule has 0 saturated heterocycles. The van der Waals surface area contributed by atoms with Gasteiger partial charge in [-0.25, -0.2) is 4.79 Å². The fraction of sp³-hybridized carbons (Fsp3) is 0.250. The molecule has 214 valence electrons. The van der Waals surface area contributed by atoms with E-state index in [0.717, 1.165) is 46.5 Å². The Morgan fingerprint density at radius 3 is 2.71 bits per heavy atom. The molecule has 1 aromatic heterocycles. The standard InChI is InChI=1S/C32H29ClN4O5/c1-17-4-3-5-24(33)28(17)30-23(31(42-36-30)18-6-7-18)16-41-21-10-12-26-19(14-21)8-13-27(38)37(26)20-9-11-22(25(15-20)35-2)29(34)32(39)40/h3-5,9-12,14-15,18,34-35H,6-8,13,16H2,1-2H3,(H,39,40). The van der Waals surface area contributed by atoms with Crippen LogP contribution in [0.4, 0.5) is 17.1 Å². The molecule has 2 aliphatic rings. The van der Waals surface area contributed by atoms with Gasteiger partial charge in [-0.15, -0.1) is 0 Å². The number of nitrogens with zero attached hydrogens (tertiary/aromatic N) is 2. The molecule has 1 amide bonds. The highest BCUT2D eigenvalue weighted by atomic mass is 35.5. The van der Waals surface area contributed by atoms with Crippen molar-refractivity contribution in [3.05, 3.63) is 87.6 Å². The lowest BCUT2D eigenvalue weighted by atomic mass is 9.99. The van der Waals surface area contributed by atoms with E-state index in [1.165, 1.54) is 0 Å². The van der Waals surface area contributed by atoms with Crippen LogP contribution in [0.5, 0.6) is 5.75 Å². The van der Waals surface area contributed by atoms with Crippen molar-refractivity contribution in [3.63, 3.8) is 0 Å². The Morgan fingerprint density at radius 2 is 2.00 bits per heavy atom. The van der Waals surface area contributed by atoms with Gasteiger partial charge in [0.25, 0.3) is 0 Å². The molecule has 3 N–H and O–H groups in total. The highest BCUT2D eigenvalue weighted by molar-refractivity contribution is 6.42. The summed E-state index contributed by atoms with van der Waals surface area (Å²) >= 11 is 6.57. The molecule has 9 nitrogen and oxygen atoms in total. The van der Waals surface area contributed by atoms with E-state index in [4.69, 9.17) is 26.3 Å². The molecule has 3 aromatic carbocycles. The van der Waals surface area contributed by atoms with Crippen LogP contribution in [-0.4, -0.2) is 34.9 Å². The molecular weight excluding hydrogens is 556 g/mol. The van der Waals surface area contributed by atoms with Gasteiger partial charge in [-0.3, -0.25) is 15.1 Å². The van der Waals surface area contributed by atoms with Crippen LogP contribution in [0.3, 0.4) is 0 Å². The molecule has 1 aliphatic carbocycles. The van der Waals surface area contributed by atoms with E-state index in [9.17, 15) is 14.7 Å². The second kappa shape index (κ2) is 11.0. The molecule has 10 heteroatoms. The number of carbonyl (C=O) groups is 2. The average molecular weight is 585 g/mol. The maximum absolute atomic E-state index is 13.1. The smallest absolute Gasteiger partial charge is 0.354 e. The monoisotopic (exact) mass is 584 g/mol. The van der Waals surface area contributed by atoms with Crippen LogP contribution in [0.2, 0.25) is 5.02 Å². The maximum atomic E-state index is 13.1. The highest BCUT2D eigenvalue weighted by Crippen LogP contribution is 2.46. The molecule has 4 aromatic rings. The van der Waals surface area contributed by atoms with Crippen molar-refractivity contribution < 1.29 is 24.0 Å². The SMILES string of the molecule is CNc1cc(N2C(=O)CCc3cc(OCc4c(-c5c(C)cccc5Cl)noc4C4CC4)ccc32)ccc1C(=N)C(=O)O. The highest BCUT2D eigenvalue weighted by Gasteiger charge is 2.34. The fourth-order valence-electron chi connectivity index (χ4n) is 5.46. The van der Waals surface area contributed by atoms with E-state index in [1.54, 1.807) is 30.1 Å². The van der Waals surface area contributed by atoms with Gasteiger partial charge < -0.3 is 19.7 Å². The molecule has 2 heterocycles. The zero-order valence-corrected chi connectivity index (χ0v) is 23.9. The molecule has 0 spiro atoms. The minimum atomic E-state index is -1.32. The average Bonchev–Trinajstić information content (AvgIpc) is 3.75. The van der Waals surface area contributed by atoms with Crippen molar-refractivity contribution >= 4 is 46.3 Å². The third-order valence-electron chi connectivity index (χ3n) is 7.77. The second-order valence-corrected chi connectivity index (χ2v) is 11.0. The molecule has 1 saturated carbocycles. The maximum Gasteiger partial charge on any atom is 0.354 e. The first kappa shape index (κ1) is 27.5. The number of benzene rings is 3. The van der Waals surface area contributed by atoms with E-state index in [2.05, 4.69) is 10.5 Å². The van der Waals surface area contributed by atoms with E-state index in [1.807, 2.05) is 43.3 Å². The summed E-state index contributed by atoms with van der Waals surface area (Å²) in [4.78, 5) is 26.1. The van der Waals surface area contributed by atoms with Gasteiger partial charge in [0, 0.05) is 36.2 Å². The normalized spacial score (nSPS) is 14.5. The summed E-state index contributed by atoms with van der Waals surface area (Å²) in [7, 11) is 1.65. The number of hydrogen-bond acceptors (Lipinski definition) is 7. The Bertz CT molecular complexity index is 1720. The van der Waals surface area contributed by atoms with Crippen LogP contribution < -0.4 is 15.0 Å². The van der Waals surface area contributed by atoms with Crippen molar-refractivity contribution in [1.82, 2.24) is 5.16 Å². The Morgan fingerprint density at radius 1 is 1.19 bits per heavy atom. The minimum absolute atomic E-state index is 0.0717. The third-order valence-corrected chi connectivity index (χ3v) is 8.09. The Kier molecular flexibility index (Phi) is 7.20. The number of aryl methyl sites for hydroxylation is 2. The third kappa shape index (κ3) is 5.00. The first-order chi connectivity index (χ1) is 20.3. The lowest BCUT2D eigenvalue weighted by Crippen LogP contribution is -2.31. The van der Waals surface area contributed by atoms with Gasteiger partial charge >= 0.3 is 5.97 Å². The number of ether oxygens (including phenoxy) is 1. The minimum Gasteiger partial charge on any atom is -0.489 e. The Balaban J connectivity index is 1.29. The summed E-state index contributed by atoms with van der Waals surface area (Å²) in [6.07, 6.45) is 2.98. The van der Waals surface area contributed by atoms with Gasteiger partial charge in [0.05, 0.1) is 22.0 Å². The molecule has 42 heavy (non-hydrogen) atoms. The number of anilines is 3. The number of nitrogens with one attached hydrogen (secondary N) is 2. The molecule has 0 radical (unpaired) electrons. The van der Waals surface area contributed by atoms with Crippen LogP contribution >= 0.6 is 11.6 Å². The summed E-state index contributed by atoms with van der Waals surface area (Å²) < 4.78 is 12.1. The van der Waals surface area contributed by atoms with Crippen molar-refractivity contribution in [2.24, 2.45) is 0 Å². The first-order valence-corrected chi connectivity index (χ1v) is 14.1. The second-order valence-electron chi connectivity index (χ2n) is 10.5. The zero-order chi connectivity index (χ0) is 29.5. The van der Waals surface area contributed by atoms with E-state index >= 15 is 0 Å².